The number of hydrogen-bond acceptors (Lipinski definition) is 6. The van der Waals surface area contributed by atoms with Crippen molar-refractivity contribution in [2.45, 2.75) is 19.5 Å². The lowest BCUT2D eigenvalue weighted by molar-refractivity contribution is -0.118. The highest BCUT2D eigenvalue weighted by Crippen LogP contribution is 2.24. The van der Waals surface area contributed by atoms with Gasteiger partial charge in [0.05, 0.1) is 6.54 Å². The highest BCUT2D eigenvalue weighted by Gasteiger charge is 2.23. The Morgan fingerprint density at radius 2 is 2.38 bits per heavy atom. The van der Waals surface area contributed by atoms with Crippen molar-refractivity contribution < 1.29 is 9.53 Å². The van der Waals surface area contributed by atoms with Gasteiger partial charge in [-0.3, -0.25) is 15.0 Å². The smallest absolute Gasteiger partial charge is 0.240 e. The fraction of sp³-hybridized carbons (Fsp3) is 0.357. The number of anilines is 1. The van der Waals surface area contributed by atoms with Crippen LogP contribution in [-0.2, 0) is 11.3 Å². The Balaban J connectivity index is 1.68. The number of para-hydroxylation sites is 1. The number of amides is 1. The molecule has 7 heteroatoms. The molecule has 1 N–H and O–H groups in total. The molecule has 1 aromatic carbocycles. The zero-order chi connectivity index (χ0) is 14.7. The van der Waals surface area contributed by atoms with Gasteiger partial charge in [0.15, 0.2) is 0 Å². The van der Waals surface area contributed by atoms with Gasteiger partial charge >= 0.3 is 0 Å². The van der Waals surface area contributed by atoms with Gasteiger partial charge in [0.2, 0.25) is 11.0 Å². The van der Waals surface area contributed by atoms with E-state index in [0.29, 0.717) is 24.8 Å². The number of ether oxygens (including phenoxy) is 1. The summed E-state index contributed by atoms with van der Waals surface area (Å²) in [4.78, 5) is 14.2. The van der Waals surface area contributed by atoms with Gasteiger partial charge in [-0.05, 0) is 13.0 Å². The number of hydrogen-bond donors (Lipinski definition) is 1. The summed E-state index contributed by atoms with van der Waals surface area (Å²) in [5.41, 5.74) is 2.69. The Labute approximate surface area is 126 Å². The maximum absolute atomic E-state index is 12.1. The molecule has 0 bridgehead atoms. The Hall–Kier alpha value is -1.99. The second-order valence-electron chi connectivity index (χ2n) is 4.96. The summed E-state index contributed by atoms with van der Waals surface area (Å²) in [6, 6.07) is 8.10. The van der Waals surface area contributed by atoms with Crippen LogP contribution in [0.2, 0.25) is 0 Å². The Morgan fingerprint density at radius 3 is 3.19 bits per heavy atom. The van der Waals surface area contributed by atoms with Gasteiger partial charge in [-0.25, -0.2) is 0 Å². The van der Waals surface area contributed by atoms with Gasteiger partial charge in [0.25, 0.3) is 0 Å². The normalized spacial score (nSPS) is 18.4. The number of carbonyl (C=O) groups is 1. The van der Waals surface area contributed by atoms with E-state index in [1.54, 1.807) is 5.51 Å². The first-order chi connectivity index (χ1) is 10.2. The number of nitrogens with one attached hydrogen (secondary N) is 1. The average Bonchev–Trinajstić information content (AvgIpc) is 2.92. The quantitative estimate of drug-likeness (QED) is 0.936. The molecule has 0 aliphatic carbocycles. The molecule has 0 spiro atoms. The Kier molecular flexibility index (Phi) is 4.12. The van der Waals surface area contributed by atoms with Gasteiger partial charge in [-0.15, -0.1) is 10.2 Å². The predicted octanol–water partition coefficient (Wildman–Crippen LogP) is 1.76. The van der Waals surface area contributed by atoms with Crippen LogP contribution in [0.3, 0.4) is 0 Å². The first kappa shape index (κ1) is 14.0. The molecule has 110 valence electrons. The molecule has 0 unspecified atom stereocenters. The van der Waals surface area contributed by atoms with Crippen molar-refractivity contribution in [3.05, 3.63) is 35.3 Å². The van der Waals surface area contributed by atoms with Crippen LogP contribution in [0.5, 0.6) is 5.75 Å². The summed E-state index contributed by atoms with van der Waals surface area (Å²) >= 11 is 1.31. The molecule has 3 rings (SSSR count). The van der Waals surface area contributed by atoms with Crippen molar-refractivity contribution in [2.75, 3.05) is 18.5 Å². The summed E-state index contributed by atoms with van der Waals surface area (Å²) in [7, 11) is 0. The summed E-state index contributed by atoms with van der Waals surface area (Å²) in [5.74, 6) is 0.814. The van der Waals surface area contributed by atoms with Crippen LogP contribution in [0.1, 0.15) is 12.5 Å². The van der Waals surface area contributed by atoms with Gasteiger partial charge < -0.3 is 4.74 Å². The monoisotopic (exact) mass is 304 g/mol. The average molecular weight is 304 g/mol. The highest BCUT2D eigenvalue weighted by atomic mass is 32.1. The third kappa shape index (κ3) is 3.37. The maximum atomic E-state index is 12.1. The van der Waals surface area contributed by atoms with E-state index in [-0.39, 0.29) is 11.9 Å². The molecule has 6 nitrogen and oxygen atoms in total. The van der Waals surface area contributed by atoms with E-state index in [2.05, 4.69) is 27.3 Å². The molecule has 1 amide bonds. The van der Waals surface area contributed by atoms with Crippen LogP contribution in [0, 0.1) is 0 Å². The molecular formula is C14H16N4O2S. The maximum Gasteiger partial charge on any atom is 0.240 e. The van der Waals surface area contributed by atoms with E-state index in [9.17, 15) is 4.79 Å². The van der Waals surface area contributed by atoms with E-state index in [0.717, 1.165) is 11.3 Å². The first-order valence-electron chi connectivity index (χ1n) is 6.73. The number of nitrogens with zero attached hydrogens (tertiary/aromatic N) is 3. The van der Waals surface area contributed by atoms with Crippen LogP contribution < -0.4 is 10.1 Å². The SMILES string of the molecule is C[C@@H]1COc2ccccc2CN1CC(=O)Nc1nncs1. The lowest BCUT2D eigenvalue weighted by Gasteiger charge is -2.24. The number of carbonyl (C=O) groups excluding carboxylic acids is 1. The predicted molar refractivity (Wildman–Crippen MR) is 80.3 cm³/mol. The minimum absolute atomic E-state index is 0.0852. The van der Waals surface area contributed by atoms with Gasteiger partial charge in [0, 0.05) is 18.2 Å². The van der Waals surface area contributed by atoms with Gasteiger partial charge in [-0.1, -0.05) is 29.5 Å². The fourth-order valence-corrected chi connectivity index (χ4v) is 2.71. The van der Waals surface area contributed by atoms with E-state index in [1.807, 2.05) is 24.3 Å². The van der Waals surface area contributed by atoms with E-state index in [1.165, 1.54) is 11.3 Å². The largest absolute Gasteiger partial charge is 0.492 e. The first-order valence-corrected chi connectivity index (χ1v) is 7.61. The van der Waals surface area contributed by atoms with Crippen molar-refractivity contribution >= 4 is 22.4 Å². The molecule has 0 radical (unpaired) electrons. The zero-order valence-corrected chi connectivity index (χ0v) is 12.5. The third-order valence-corrected chi connectivity index (χ3v) is 4.01. The molecule has 2 heterocycles. The van der Waals surface area contributed by atoms with Crippen molar-refractivity contribution in [2.24, 2.45) is 0 Å². The lowest BCUT2D eigenvalue weighted by atomic mass is 10.2. The molecule has 1 atom stereocenters. The van der Waals surface area contributed by atoms with Gasteiger partial charge in [0.1, 0.15) is 17.9 Å². The topological polar surface area (TPSA) is 67.3 Å². The van der Waals surface area contributed by atoms with Crippen LogP contribution in [-0.4, -0.2) is 40.2 Å². The van der Waals surface area contributed by atoms with E-state index in [4.69, 9.17) is 4.74 Å². The fourth-order valence-electron chi connectivity index (χ4n) is 2.25. The Morgan fingerprint density at radius 1 is 1.52 bits per heavy atom. The molecular weight excluding hydrogens is 288 g/mol. The minimum Gasteiger partial charge on any atom is -0.492 e. The molecule has 0 saturated heterocycles. The molecule has 0 saturated carbocycles. The number of benzene rings is 1. The molecule has 1 aliphatic rings. The third-order valence-electron chi connectivity index (χ3n) is 3.40. The summed E-state index contributed by atoms with van der Waals surface area (Å²) in [5, 5.41) is 10.8. The molecule has 1 aromatic heterocycles. The zero-order valence-electron chi connectivity index (χ0n) is 11.7. The molecule has 21 heavy (non-hydrogen) atoms. The van der Waals surface area contributed by atoms with Crippen molar-refractivity contribution in [1.29, 1.82) is 0 Å². The number of fused-ring (bicyclic) bond motifs is 1. The highest BCUT2D eigenvalue weighted by molar-refractivity contribution is 7.13. The van der Waals surface area contributed by atoms with Crippen molar-refractivity contribution in [3.63, 3.8) is 0 Å². The minimum atomic E-state index is -0.0852. The second kappa shape index (κ2) is 6.19. The number of rotatable bonds is 3. The standard InChI is InChI=1S/C14H16N4O2S/c1-10-8-20-12-5-3-2-4-11(12)6-18(10)7-13(19)16-14-17-15-9-21-14/h2-5,9-10H,6-8H2,1H3,(H,16,17,19)/t10-/m1/s1. The van der Waals surface area contributed by atoms with Crippen molar-refractivity contribution in [1.82, 2.24) is 15.1 Å². The van der Waals surface area contributed by atoms with Crippen LogP contribution in [0.15, 0.2) is 29.8 Å². The van der Waals surface area contributed by atoms with E-state index < -0.39 is 0 Å². The summed E-state index contributed by atoms with van der Waals surface area (Å²) < 4.78 is 5.78. The van der Waals surface area contributed by atoms with E-state index >= 15 is 0 Å². The van der Waals surface area contributed by atoms with Crippen LogP contribution in [0.4, 0.5) is 5.13 Å². The van der Waals surface area contributed by atoms with Crippen molar-refractivity contribution in [3.8, 4) is 5.75 Å². The van der Waals surface area contributed by atoms with Crippen LogP contribution >= 0.6 is 11.3 Å². The summed E-state index contributed by atoms with van der Waals surface area (Å²) in [6.45, 7) is 3.63. The Bertz CT molecular complexity index is 617. The second-order valence-corrected chi connectivity index (χ2v) is 5.80. The summed E-state index contributed by atoms with van der Waals surface area (Å²) in [6.07, 6.45) is 0. The lowest BCUT2D eigenvalue weighted by Crippen LogP contribution is -2.40. The molecule has 1 aliphatic heterocycles. The molecule has 0 fully saturated rings. The number of aromatic nitrogens is 2. The van der Waals surface area contributed by atoms with Crippen LogP contribution in [0.25, 0.3) is 0 Å². The van der Waals surface area contributed by atoms with Gasteiger partial charge in [-0.2, -0.15) is 0 Å². The molecule has 2 aromatic rings.